The minimum atomic E-state index is -0.427. The van der Waals surface area contributed by atoms with Crippen molar-refractivity contribution in [3.05, 3.63) is 70.1 Å². The molecule has 0 aliphatic carbocycles. The molecule has 0 saturated carbocycles. The van der Waals surface area contributed by atoms with Crippen molar-refractivity contribution in [2.24, 2.45) is 7.05 Å². The third-order valence-electron chi connectivity index (χ3n) is 3.97. The van der Waals surface area contributed by atoms with E-state index in [0.29, 0.717) is 22.0 Å². The van der Waals surface area contributed by atoms with Gasteiger partial charge in [0.05, 0.1) is 5.39 Å². The number of carbonyl (C=O) groups excluding carboxylic acids is 2. The Morgan fingerprint density at radius 3 is 2.23 bits per heavy atom. The van der Waals surface area contributed by atoms with E-state index in [4.69, 9.17) is 0 Å². The van der Waals surface area contributed by atoms with Gasteiger partial charge in [-0.2, -0.15) is 5.10 Å². The molecule has 0 spiro atoms. The van der Waals surface area contributed by atoms with Gasteiger partial charge < -0.3 is 10.2 Å². The van der Waals surface area contributed by atoms with Crippen LogP contribution in [0.25, 0.3) is 10.8 Å². The largest absolute Gasteiger partial charge is 0.345 e. The molecular formula is C19H18N4O3. The van der Waals surface area contributed by atoms with Crippen LogP contribution in [-0.2, 0) is 7.05 Å². The van der Waals surface area contributed by atoms with E-state index in [9.17, 15) is 14.4 Å². The number of fused-ring (bicyclic) bond motifs is 1. The number of carbonyl (C=O) groups is 2. The molecule has 26 heavy (non-hydrogen) atoms. The first kappa shape index (κ1) is 17.3. The first-order valence-electron chi connectivity index (χ1n) is 7.97. The number of anilines is 1. The number of nitrogens with zero attached hydrogens (tertiary/aromatic N) is 3. The highest BCUT2D eigenvalue weighted by atomic mass is 16.2. The molecule has 1 aromatic heterocycles. The molecule has 0 aliphatic heterocycles. The standard InChI is InChI=1S/C19H18N4O3/c1-22(2)18(25)12-8-10-13(11-9-12)20-17(24)16-14-6-4-5-7-15(14)19(26)23(3)21-16/h4-11H,1-3H3,(H,20,24). The molecule has 1 N–H and O–H groups in total. The Morgan fingerprint density at radius 1 is 1.00 bits per heavy atom. The lowest BCUT2D eigenvalue weighted by atomic mass is 10.1. The van der Waals surface area contributed by atoms with E-state index in [2.05, 4.69) is 10.4 Å². The van der Waals surface area contributed by atoms with E-state index in [0.717, 1.165) is 4.68 Å². The van der Waals surface area contributed by atoms with E-state index in [1.165, 1.54) is 11.9 Å². The molecular weight excluding hydrogens is 332 g/mol. The van der Waals surface area contributed by atoms with Gasteiger partial charge in [-0.3, -0.25) is 14.4 Å². The Morgan fingerprint density at radius 2 is 1.62 bits per heavy atom. The van der Waals surface area contributed by atoms with Crippen LogP contribution in [0, 0.1) is 0 Å². The van der Waals surface area contributed by atoms with Crippen molar-refractivity contribution in [3.63, 3.8) is 0 Å². The van der Waals surface area contributed by atoms with Gasteiger partial charge in [-0.05, 0) is 30.3 Å². The van der Waals surface area contributed by atoms with Gasteiger partial charge in [0.1, 0.15) is 0 Å². The fourth-order valence-corrected chi connectivity index (χ4v) is 2.61. The highest BCUT2D eigenvalue weighted by Gasteiger charge is 2.16. The number of aryl methyl sites for hydroxylation is 1. The number of benzene rings is 2. The number of hydrogen-bond donors (Lipinski definition) is 1. The van der Waals surface area contributed by atoms with Gasteiger partial charge in [-0.25, -0.2) is 4.68 Å². The summed E-state index contributed by atoms with van der Waals surface area (Å²) < 4.78 is 1.15. The van der Waals surface area contributed by atoms with Crippen molar-refractivity contribution < 1.29 is 9.59 Å². The van der Waals surface area contributed by atoms with Gasteiger partial charge in [0, 0.05) is 37.8 Å². The molecule has 2 amide bonds. The topological polar surface area (TPSA) is 84.3 Å². The Labute approximate surface area is 149 Å². The summed E-state index contributed by atoms with van der Waals surface area (Å²) in [5.74, 6) is -0.544. The summed E-state index contributed by atoms with van der Waals surface area (Å²) in [6.07, 6.45) is 0. The Kier molecular flexibility index (Phi) is 4.53. The molecule has 7 nitrogen and oxygen atoms in total. The van der Waals surface area contributed by atoms with Crippen molar-refractivity contribution >= 4 is 28.3 Å². The number of amides is 2. The third-order valence-corrected chi connectivity index (χ3v) is 3.97. The third kappa shape index (κ3) is 3.19. The van der Waals surface area contributed by atoms with Gasteiger partial charge in [-0.1, -0.05) is 18.2 Å². The predicted molar refractivity (Wildman–Crippen MR) is 99.4 cm³/mol. The second kappa shape index (κ2) is 6.79. The molecule has 0 saturated heterocycles. The lowest BCUT2D eigenvalue weighted by molar-refractivity contribution is 0.0827. The summed E-state index contributed by atoms with van der Waals surface area (Å²) in [7, 11) is 4.86. The van der Waals surface area contributed by atoms with Gasteiger partial charge in [-0.15, -0.1) is 0 Å². The van der Waals surface area contributed by atoms with Gasteiger partial charge in [0.15, 0.2) is 5.69 Å². The molecule has 0 unspecified atom stereocenters. The highest BCUT2D eigenvalue weighted by molar-refractivity contribution is 6.11. The Hall–Kier alpha value is -3.48. The second-order valence-corrected chi connectivity index (χ2v) is 6.05. The van der Waals surface area contributed by atoms with Crippen LogP contribution in [0.4, 0.5) is 5.69 Å². The number of rotatable bonds is 3. The summed E-state index contributed by atoms with van der Waals surface area (Å²) >= 11 is 0. The van der Waals surface area contributed by atoms with Gasteiger partial charge in [0.2, 0.25) is 0 Å². The second-order valence-electron chi connectivity index (χ2n) is 6.05. The summed E-state index contributed by atoms with van der Waals surface area (Å²) in [6.45, 7) is 0. The molecule has 1 heterocycles. The first-order valence-corrected chi connectivity index (χ1v) is 7.97. The maximum absolute atomic E-state index is 12.7. The number of hydrogen-bond acceptors (Lipinski definition) is 4. The lowest BCUT2D eigenvalue weighted by Crippen LogP contribution is -2.25. The maximum Gasteiger partial charge on any atom is 0.276 e. The monoisotopic (exact) mass is 350 g/mol. The van der Waals surface area contributed by atoms with E-state index in [1.807, 2.05) is 0 Å². The van der Waals surface area contributed by atoms with Crippen LogP contribution in [0.15, 0.2) is 53.3 Å². The van der Waals surface area contributed by atoms with Crippen LogP contribution in [-0.4, -0.2) is 40.6 Å². The average molecular weight is 350 g/mol. The SMILES string of the molecule is CN(C)C(=O)c1ccc(NC(=O)c2nn(C)c(=O)c3ccccc23)cc1. The molecule has 7 heteroatoms. The highest BCUT2D eigenvalue weighted by Crippen LogP contribution is 2.16. The number of nitrogens with one attached hydrogen (secondary N) is 1. The van der Waals surface area contributed by atoms with Crippen LogP contribution in [0.2, 0.25) is 0 Å². The zero-order valence-corrected chi connectivity index (χ0v) is 14.7. The van der Waals surface area contributed by atoms with Crippen molar-refractivity contribution in [1.29, 1.82) is 0 Å². The average Bonchev–Trinajstić information content (AvgIpc) is 2.64. The summed E-state index contributed by atoms with van der Waals surface area (Å²) in [5.41, 5.74) is 0.962. The molecule has 0 radical (unpaired) electrons. The van der Waals surface area contributed by atoms with Crippen LogP contribution in [0.3, 0.4) is 0 Å². The molecule has 0 bridgehead atoms. The molecule has 3 rings (SSSR count). The zero-order chi connectivity index (χ0) is 18.8. The van der Waals surface area contributed by atoms with Crippen molar-refractivity contribution in [1.82, 2.24) is 14.7 Å². The predicted octanol–water partition coefficient (Wildman–Crippen LogP) is 1.89. The summed E-state index contributed by atoms with van der Waals surface area (Å²) in [5, 5.41) is 7.77. The van der Waals surface area contributed by atoms with E-state index >= 15 is 0 Å². The zero-order valence-electron chi connectivity index (χ0n) is 14.7. The van der Waals surface area contributed by atoms with Crippen molar-refractivity contribution in [2.75, 3.05) is 19.4 Å². The maximum atomic E-state index is 12.7. The van der Waals surface area contributed by atoms with Crippen molar-refractivity contribution in [2.45, 2.75) is 0 Å². The summed E-state index contributed by atoms with van der Waals surface area (Å²) in [4.78, 5) is 38.2. The van der Waals surface area contributed by atoms with E-state index in [1.54, 1.807) is 62.6 Å². The molecule has 0 aliphatic rings. The smallest absolute Gasteiger partial charge is 0.276 e. The van der Waals surface area contributed by atoms with Crippen LogP contribution < -0.4 is 10.9 Å². The van der Waals surface area contributed by atoms with Crippen molar-refractivity contribution in [3.8, 4) is 0 Å². The molecule has 0 atom stereocenters. The Balaban J connectivity index is 1.92. The minimum absolute atomic E-state index is 0.117. The van der Waals surface area contributed by atoms with Gasteiger partial charge in [0.25, 0.3) is 17.4 Å². The number of aromatic nitrogens is 2. The fourth-order valence-electron chi connectivity index (χ4n) is 2.61. The quantitative estimate of drug-likeness (QED) is 0.782. The molecule has 0 fully saturated rings. The molecule has 2 aromatic carbocycles. The molecule has 132 valence electrons. The van der Waals surface area contributed by atoms with Crippen LogP contribution in [0.5, 0.6) is 0 Å². The minimum Gasteiger partial charge on any atom is -0.345 e. The summed E-state index contributed by atoms with van der Waals surface area (Å²) in [6, 6.07) is 13.4. The van der Waals surface area contributed by atoms with E-state index < -0.39 is 5.91 Å². The van der Waals surface area contributed by atoms with E-state index in [-0.39, 0.29) is 17.2 Å². The normalized spacial score (nSPS) is 10.6. The van der Waals surface area contributed by atoms with Crippen LogP contribution in [0.1, 0.15) is 20.8 Å². The van der Waals surface area contributed by atoms with Gasteiger partial charge >= 0.3 is 0 Å². The Bertz CT molecular complexity index is 1050. The first-order chi connectivity index (χ1) is 12.4. The molecule has 3 aromatic rings. The lowest BCUT2D eigenvalue weighted by Gasteiger charge is -2.11. The fraction of sp³-hybridized carbons (Fsp3) is 0.158. The van der Waals surface area contributed by atoms with Crippen LogP contribution >= 0.6 is 0 Å².